The Kier molecular flexibility index (Phi) is 3.86. The van der Waals surface area contributed by atoms with Crippen molar-refractivity contribution in [1.29, 1.82) is 0 Å². The monoisotopic (exact) mass is 268 g/mol. The third kappa shape index (κ3) is 3.11. The molecule has 0 radical (unpaired) electrons. The highest BCUT2D eigenvalue weighted by Crippen LogP contribution is 2.26. The van der Waals surface area contributed by atoms with E-state index in [0.717, 1.165) is 23.7 Å². The molecule has 0 saturated heterocycles. The number of anilines is 1. The van der Waals surface area contributed by atoms with Crippen LogP contribution in [0.4, 0.5) is 5.69 Å². The van der Waals surface area contributed by atoms with Crippen molar-refractivity contribution in [2.75, 3.05) is 5.32 Å². The Bertz CT molecular complexity index is 513. The maximum Gasteiger partial charge on any atom is 0.134 e. The third-order valence-electron chi connectivity index (χ3n) is 2.32. The summed E-state index contributed by atoms with van der Waals surface area (Å²) in [5, 5.41) is 14.0. The van der Waals surface area contributed by atoms with E-state index >= 15 is 0 Å². The first-order valence-corrected chi connectivity index (χ1v) is 6.54. The lowest BCUT2D eigenvalue weighted by Gasteiger charge is -2.05. The first-order valence-electron chi connectivity index (χ1n) is 5.35. The number of nitrogens with one attached hydrogen (secondary N) is 1. The van der Waals surface area contributed by atoms with Crippen LogP contribution >= 0.6 is 22.9 Å². The topological polar surface area (TPSA) is 45.2 Å². The second kappa shape index (κ2) is 5.38. The number of aryl methyl sites for hydroxylation is 1. The molecular formula is C12H13ClN2OS. The van der Waals surface area contributed by atoms with Crippen molar-refractivity contribution in [3.05, 3.63) is 39.3 Å². The number of phenols is 1. The van der Waals surface area contributed by atoms with Crippen LogP contribution in [0.25, 0.3) is 0 Å². The zero-order valence-electron chi connectivity index (χ0n) is 9.40. The summed E-state index contributed by atoms with van der Waals surface area (Å²) in [5.41, 5.74) is 0.888. The number of hydrogen-bond donors (Lipinski definition) is 2. The Labute approximate surface area is 109 Å². The van der Waals surface area contributed by atoms with Gasteiger partial charge < -0.3 is 10.4 Å². The average Bonchev–Trinajstić information content (AvgIpc) is 2.79. The van der Waals surface area contributed by atoms with Crippen molar-refractivity contribution in [3.63, 3.8) is 0 Å². The maximum atomic E-state index is 9.30. The van der Waals surface area contributed by atoms with Crippen molar-refractivity contribution in [2.45, 2.75) is 19.9 Å². The molecule has 5 heteroatoms. The molecule has 1 aromatic carbocycles. The van der Waals surface area contributed by atoms with E-state index in [1.54, 1.807) is 29.5 Å². The molecule has 1 heterocycles. The number of aromatic nitrogens is 1. The molecule has 0 atom stereocenters. The molecule has 0 aliphatic rings. The summed E-state index contributed by atoms with van der Waals surface area (Å²) >= 11 is 7.53. The summed E-state index contributed by atoms with van der Waals surface area (Å²) in [6.45, 7) is 2.81. The van der Waals surface area contributed by atoms with Crippen LogP contribution in [0.1, 0.15) is 16.8 Å². The van der Waals surface area contributed by atoms with E-state index in [1.165, 1.54) is 4.88 Å². The van der Waals surface area contributed by atoms with Gasteiger partial charge in [-0.25, -0.2) is 4.98 Å². The number of nitrogens with zero attached hydrogens (tertiary/aromatic N) is 1. The van der Waals surface area contributed by atoms with Gasteiger partial charge in [-0.2, -0.15) is 0 Å². The Hall–Kier alpha value is -1.26. The van der Waals surface area contributed by atoms with Crippen LogP contribution in [0.3, 0.4) is 0 Å². The second-order valence-electron chi connectivity index (χ2n) is 3.59. The largest absolute Gasteiger partial charge is 0.506 e. The van der Waals surface area contributed by atoms with Gasteiger partial charge in [-0.3, -0.25) is 0 Å². The molecular weight excluding hydrogens is 256 g/mol. The van der Waals surface area contributed by atoms with E-state index in [4.69, 9.17) is 11.6 Å². The van der Waals surface area contributed by atoms with Gasteiger partial charge in [0.15, 0.2) is 0 Å². The highest BCUT2D eigenvalue weighted by molar-refractivity contribution is 7.11. The number of rotatable bonds is 4. The molecule has 0 amide bonds. The summed E-state index contributed by atoms with van der Waals surface area (Å²) in [6.07, 6.45) is 2.86. The summed E-state index contributed by atoms with van der Waals surface area (Å²) in [5.74, 6) is 0.100. The minimum atomic E-state index is 0.100. The van der Waals surface area contributed by atoms with Gasteiger partial charge in [-0.15, -0.1) is 11.3 Å². The highest BCUT2D eigenvalue weighted by Gasteiger charge is 2.02. The van der Waals surface area contributed by atoms with Crippen LogP contribution in [0.2, 0.25) is 5.02 Å². The van der Waals surface area contributed by atoms with Crippen molar-refractivity contribution in [1.82, 2.24) is 4.98 Å². The number of aromatic hydroxyl groups is 1. The van der Waals surface area contributed by atoms with E-state index in [-0.39, 0.29) is 5.75 Å². The Morgan fingerprint density at radius 3 is 2.94 bits per heavy atom. The molecule has 17 heavy (non-hydrogen) atoms. The molecule has 0 aliphatic heterocycles. The van der Waals surface area contributed by atoms with Gasteiger partial charge >= 0.3 is 0 Å². The molecule has 0 spiro atoms. The molecule has 2 N–H and O–H groups in total. The molecule has 2 aromatic rings. The van der Waals surface area contributed by atoms with Gasteiger partial charge in [-0.05, 0) is 24.6 Å². The first-order chi connectivity index (χ1) is 8.19. The lowest BCUT2D eigenvalue weighted by Crippen LogP contribution is -1.96. The summed E-state index contributed by atoms with van der Waals surface area (Å²) in [4.78, 5) is 5.48. The van der Waals surface area contributed by atoms with E-state index in [0.29, 0.717) is 5.02 Å². The lowest BCUT2D eigenvalue weighted by atomic mass is 10.3. The predicted molar refractivity (Wildman–Crippen MR) is 71.9 cm³/mol. The Balaban J connectivity index is 1.99. The Morgan fingerprint density at radius 2 is 2.29 bits per heavy atom. The van der Waals surface area contributed by atoms with Crippen LogP contribution < -0.4 is 5.32 Å². The fourth-order valence-corrected chi connectivity index (χ4v) is 2.38. The standard InChI is InChI=1S/C12H13ClN2OS/c1-2-12-15-7-9(17-12)6-14-8-3-4-11(16)10(13)5-8/h3-5,7,14,16H,2,6H2,1H3. The van der Waals surface area contributed by atoms with Gasteiger partial charge in [0.1, 0.15) is 5.75 Å². The van der Waals surface area contributed by atoms with Crippen molar-refractivity contribution in [2.24, 2.45) is 0 Å². The summed E-state index contributed by atoms with van der Waals surface area (Å²) < 4.78 is 0. The SMILES string of the molecule is CCc1ncc(CNc2ccc(O)c(Cl)c2)s1. The highest BCUT2D eigenvalue weighted by atomic mass is 35.5. The molecule has 1 aromatic heterocycles. The van der Waals surface area contributed by atoms with E-state index in [1.807, 2.05) is 6.20 Å². The van der Waals surface area contributed by atoms with Crippen LogP contribution in [0.15, 0.2) is 24.4 Å². The zero-order valence-corrected chi connectivity index (χ0v) is 11.0. The van der Waals surface area contributed by atoms with Crippen LogP contribution in [0, 0.1) is 0 Å². The minimum absolute atomic E-state index is 0.100. The molecule has 0 fully saturated rings. The van der Waals surface area contributed by atoms with E-state index in [2.05, 4.69) is 17.2 Å². The van der Waals surface area contributed by atoms with Crippen molar-refractivity contribution in [3.8, 4) is 5.75 Å². The van der Waals surface area contributed by atoms with Gasteiger partial charge in [-0.1, -0.05) is 18.5 Å². The van der Waals surface area contributed by atoms with E-state index < -0.39 is 0 Å². The molecule has 0 aliphatic carbocycles. The van der Waals surface area contributed by atoms with Gasteiger partial charge in [0.25, 0.3) is 0 Å². The molecule has 3 nitrogen and oxygen atoms in total. The molecule has 0 unspecified atom stereocenters. The number of phenolic OH excluding ortho intramolecular Hbond substituents is 1. The van der Waals surface area contributed by atoms with Gasteiger partial charge in [0.2, 0.25) is 0 Å². The average molecular weight is 269 g/mol. The predicted octanol–water partition coefficient (Wildman–Crippen LogP) is 3.68. The van der Waals surface area contributed by atoms with Crippen LogP contribution in [0.5, 0.6) is 5.75 Å². The molecule has 2 rings (SSSR count). The van der Waals surface area contributed by atoms with Crippen LogP contribution in [-0.4, -0.2) is 10.1 Å². The van der Waals surface area contributed by atoms with Crippen molar-refractivity contribution >= 4 is 28.6 Å². The minimum Gasteiger partial charge on any atom is -0.506 e. The van der Waals surface area contributed by atoms with Crippen molar-refractivity contribution < 1.29 is 5.11 Å². The van der Waals surface area contributed by atoms with Crippen LogP contribution in [-0.2, 0) is 13.0 Å². The normalized spacial score (nSPS) is 10.5. The zero-order chi connectivity index (χ0) is 12.3. The maximum absolute atomic E-state index is 9.30. The second-order valence-corrected chi connectivity index (χ2v) is 5.20. The van der Waals surface area contributed by atoms with E-state index in [9.17, 15) is 5.11 Å². The molecule has 90 valence electrons. The van der Waals surface area contributed by atoms with Gasteiger partial charge in [0.05, 0.1) is 16.6 Å². The Morgan fingerprint density at radius 1 is 1.47 bits per heavy atom. The number of benzene rings is 1. The first kappa shape index (κ1) is 12.2. The molecule has 0 bridgehead atoms. The lowest BCUT2D eigenvalue weighted by molar-refractivity contribution is 0.475. The number of hydrogen-bond acceptors (Lipinski definition) is 4. The van der Waals surface area contributed by atoms with Gasteiger partial charge in [0, 0.05) is 16.8 Å². The third-order valence-corrected chi connectivity index (χ3v) is 3.76. The quantitative estimate of drug-likeness (QED) is 0.832. The fourth-order valence-electron chi connectivity index (χ4n) is 1.40. The molecule has 0 saturated carbocycles. The summed E-state index contributed by atoms with van der Waals surface area (Å²) in [6, 6.07) is 5.08. The summed E-state index contributed by atoms with van der Waals surface area (Å²) in [7, 11) is 0. The fraction of sp³-hybridized carbons (Fsp3) is 0.250. The smallest absolute Gasteiger partial charge is 0.134 e. The number of halogens is 1. The number of thiazole rings is 1.